The van der Waals surface area contributed by atoms with Crippen molar-refractivity contribution < 1.29 is 14.6 Å². The van der Waals surface area contributed by atoms with Crippen LogP contribution in [0, 0.1) is 0 Å². The Kier molecular flexibility index (Phi) is 7.15. The van der Waals surface area contributed by atoms with E-state index in [-0.39, 0.29) is 11.9 Å². The van der Waals surface area contributed by atoms with Crippen LogP contribution in [0.4, 0.5) is 0 Å². The molecule has 0 radical (unpaired) electrons. The highest BCUT2D eigenvalue weighted by Gasteiger charge is 2.14. The molecule has 2 rings (SSSR count). The number of methoxy groups -OCH3 is 1. The summed E-state index contributed by atoms with van der Waals surface area (Å²) in [6.45, 7) is 1.93. The van der Waals surface area contributed by atoms with Crippen LogP contribution in [0.1, 0.15) is 30.2 Å². The van der Waals surface area contributed by atoms with Gasteiger partial charge in [0.25, 0.3) is 0 Å². The number of ether oxygens (including phenoxy) is 1. The first-order chi connectivity index (χ1) is 11.6. The first kappa shape index (κ1) is 18.4. The van der Waals surface area contributed by atoms with Gasteiger partial charge in [0, 0.05) is 11.3 Å². The Morgan fingerprint density at radius 2 is 1.83 bits per heavy atom. The van der Waals surface area contributed by atoms with E-state index in [4.69, 9.17) is 4.74 Å². The number of carbonyl (C=O) groups is 1. The molecule has 0 fully saturated rings. The van der Waals surface area contributed by atoms with Gasteiger partial charge in [-0.15, -0.1) is 11.8 Å². The predicted molar refractivity (Wildman–Crippen MR) is 98.3 cm³/mol. The molecule has 24 heavy (non-hydrogen) atoms. The number of carbonyl (C=O) groups excluding carboxylic acids is 1. The van der Waals surface area contributed by atoms with Crippen molar-refractivity contribution in [3.05, 3.63) is 65.7 Å². The van der Waals surface area contributed by atoms with E-state index in [1.807, 2.05) is 61.5 Å². The van der Waals surface area contributed by atoms with Crippen LogP contribution in [0.5, 0.6) is 5.75 Å². The molecular weight excluding hydrogens is 322 g/mol. The van der Waals surface area contributed by atoms with Gasteiger partial charge in [-0.2, -0.15) is 0 Å². The maximum Gasteiger partial charge on any atom is 0.230 e. The highest BCUT2D eigenvalue weighted by atomic mass is 32.2. The maximum atomic E-state index is 12.1. The molecule has 0 aromatic heterocycles. The second-order valence-electron chi connectivity index (χ2n) is 5.47. The Morgan fingerprint density at radius 1 is 1.17 bits per heavy atom. The van der Waals surface area contributed by atoms with Crippen molar-refractivity contribution in [1.29, 1.82) is 0 Å². The first-order valence-corrected chi connectivity index (χ1v) is 9.00. The van der Waals surface area contributed by atoms with Gasteiger partial charge >= 0.3 is 0 Å². The van der Waals surface area contributed by atoms with Gasteiger partial charge in [-0.1, -0.05) is 48.5 Å². The zero-order chi connectivity index (χ0) is 17.4. The number of hydrogen-bond acceptors (Lipinski definition) is 4. The second kappa shape index (κ2) is 9.35. The van der Waals surface area contributed by atoms with Gasteiger partial charge < -0.3 is 15.2 Å². The molecule has 0 aliphatic carbocycles. The fraction of sp³-hybridized carbons (Fsp3) is 0.316. The smallest absolute Gasteiger partial charge is 0.230 e. The minimum absolute atomic E-state index is 0.0568. The number of benzene rings is 2. The van der Waals surface area contributed by atoms with Gasteiger partial charge in [-0.3, -0.25) is 4.79 Å². The number of para-hydroxylation sites is 1. The fourth-order valence-corrected chi connectivity index (χ4v) is 3.22. The van der Waals surface area contributed by atoms with Crippen LogP contribution in [-0.4, -0.2) is 29.6 Å². The van der Waals surface area contributed by atoms with Gasteiger partial charge in [0.1, 0.15) is 5.75 Å². The minimum atomic E-state index is -0.560. The van der Waals surface area contributed by atoms with E-state index < -0.39 is 6.10 Å². The van der Waals surface area contributed by atoms with Crippen LogP contribution >= 0.6 is 11.8 Å². The van der Waals surface area contributed by atoms with Gasteiger partial charge in [-0.05, 0) is 18.6 Å². The molecule has 2 aromatic carbocycles. The number of amides is 1. The standard InChI is InChI=1S/C19H23NO3S/c1-14(16-10-6-7-11-18(16)23-2)20-19(22)13-24-12-17(21)15-8-4-3-5-9-15/h3-11,14,17,21H,12-13H2,1-2H3,(H,20,22)/t14-,17-/m0/s1. The molecule has 2 aromatic rings. The molecule has 0 bridgehead atoms. The third-order valence-corrected chi connectivity index (χ3v) is 4.69. The molecule has 2 N–H and O–H groups in total. The highest BCUT2D eigenvalue weighted by Crippen LogP contribution is 2.24. The quantitative estimate of drug-likeness (QED) is 0.770. The number of nitrogens with one attached hydrogen (secondary N) is 1. The monoisotopic (exact) mass is 345 g/mol. The molecule has 0 saturated heterocycles. The topological polar surface area (TPSA) is 58.6 Å². The normalized spacial score (nSPS) is 13.1. The van der Waals surface area contributed by atoms with E-state index in [1.165, 1.54) is 11.8 Å². The van der Waals surface area contributed by atoms with E-state index in [0.29, 0.717) is 11.5 Å². The van der Waals surface area contributed by atoms with Gasteiger partial charge in [0.15, 0.2) is 0 Å². The molecule has 0 heterocycles. The zero-order valence-electron chi connectivity index (χ0n) is 13.9. The molecule has 0 spiro atoms. The lowest BCUT2D eigenvalue weighted by molar-refractivity contribution is -0.119. The third kappa shape index (κ3) is 5.28. The molecule has 0 aliphatic heterocycles. The maximum absolute atomic E-state index is 12.1. The summed E-state index contributed by atoms with van der Waals surface area (Å²) < 4.78 is 5.32. The number of hydrogen-bond donors (Lipinski definition) is 2. The lowest BCUT2D eigenvalue weighted by atomic mass is 10.1. The Bertz CT molecular complexity index is 648. The molecule has 0 saturated carbocycles. The first-order valence-electron chi connectivity index (χ1n) is 7.85. The summed E-state index contributed by atoms with van der Waals surface area (Å²) in [5, 5.41) is 13.1. The summed E-state index contributed by atoms with van der Waals surface area (Å²) in [4.78, 5) is 12.1. The fourth-order valence-electron chi connectivity index (χ4n) is 2.42. The lowest BCUT2D eigenvalue weighted by Gasteiger charge is -2.17. The Morgan fingerprint density at radius 3 is 2.54 bits per heavy atom. The molecular formula is C19H23NO3S. The molecule has 0 aliphatic rings. The van der Waals surface area contributed by atoms with E-state index in [2.05, 4.69) is 5.32 Å². The Hall–Kier alpha value is -1.98. The van der Waals surface area contributed by atoms with Crippen LogP contribution in [0.25, 0.3) is 0 Å². The van der Waals surface area contributed by atoms with Crippen LogP contribution in [0.2, 0.25) is 0 Å². The van der Waals surface area contributed by atoms with Crippen molar-refractivity contribution in [1.82, 2.24) is 5.32 Å². The van der Waals surface area contributed by atoms with E-state index in [9.17, 15) is 9.90 Å². The van der Waals surface area contributed by atoms with Crippen molar-refractivity contribution in [3.63, 3.8) is 0 Å². The van der Waals surface area contributed by atoms with Crippen LogP contribution in [0.3, 0.4) is 0 Å². The average molecular weight is 345 g/mol. The minimum Gasteiger partial charge on any atom is -0.496 e. The molecule has 4 nitrogen and oxygen atoms in total. The van der Waals surface area contributed by atoms with E-state index in [1.54, 1.807) is 7.11 Å². The summed E-state index contributed by atoms with van der Waals surface area (Å²) in [6.07, 6.45) is -0.560. The largest absolute Gasteiger partial charge is 0.496 e. The van der Waals surface area contributed by atoms with Crippen LogP contribution < -0.4 is 10.1 Å². The van der Waals surface area contributed by atoms with Crippen LogP contribution in [0.15, 0.2) is 54.6 Å². The zero-order valence-corrected chi connectivity index (χ0v) is 14.8. The number of rotatable bonds is 8. The molecule has 5 heteroatoms. The number of aliphatic hydroxyl groups is 1. The van der Waals surface area contributed by atoms with Crippen molar-refractivity contribution >= 4 is 17.7 Å². The summed E-state index contributed by atoms with van der Waals surface area (Å²) in [6, 6.07) is 17.0. The number of thioether (sulfide) groups is 1. The molecule has 2 atom stereocenters. The SMILES string of the molecule is COc1ccccc1[C@H](C)NC(=O)CSC[C@H](O)c1ccccc1. The third-order valence-electron chi connectivity index (χ3n) is 3.68. The van der Waals surface area contributed by atoms with E-state index in [0.717, 1.165) is 16.9 Å². The van der Waals surface area contributed by atoms with Crippen molar-refractivity contribution in [2.75, 3.05) is 18.6 Å². The summed E-state index contributed by atoms with van der Waals surface area (Å²) in [5.74, 6) is 1.50. The second-order valence-corrected chi connectivity index (χ2v) is 6.50. The highest BCUT2D eigenvalue weighted by molar-refractivity contribution is 7.99. The van der Waals surface area contributed by atoms with Crippen LogP contribution in [-0.2, 0) is 4.79 Å². The van der Waals surface area contributed by atoms with Gasteiger partial charge in [-0.25, -0.2) is 0 Å². The molecule has 128 valence electrons. The van der Waals surface area contributed by atoms with Crippen molar-refractivity contribution in [2.24, 2.45) is 0 Å². The van der Waals surface area contributed by atoms with Crippen molar-refractivity contribution in [3.8, 4) is 5.75 Å². The molecule has 1 amide bonds. The summed E-state index contributed by atoms with van der Waals surface area (Å²) >= 11 is 1.42. The lowest BCUT2D eigenvalue weighted by Crippen LogP contribution is -2.28. The van der Waals surface area contributed by atoms with Gasteiger partial charge in [0.2, 0.25) is 5.91 Å². The average Bonchev–Trinajstić information content (AvgIpc) is 2.62. The van der Waals surface area contributed by atoms with Gasteiger partial charge in [0.05, 0.1) is 25.0 Å². The summed E-state index contributed by atoms with van der Waals surface area (Å²) in [7, 11) is 1.62. The van der Waals surface area contributed by atoms with E-state index >= 15 is 0 Å². The summed E-state index contributed by atoms with van der Waals surface area (Å²) in [5.41, 5.74) is 1.82. The number of aliphatic hydroxyl groups excluding tert-OH is 1. The predicted octanol–water partition coefficient (Wildman–Crippen LogP) is 3.34. The van der Waals surface area contributed by atoms with Crippen molar-refractivity contribution in [2.45, 2.75) is 19.1 Å². The Balaban J connectivity index is 1.79. The Labute approximate surface area is 147 Å². The molecule has 0 unspecified atom stereocenters.